The van der Waals surface area contributed by atoms with Gasteiger partial charge in [-0.2, -0.15) is 0 Å². The van der Waals surface area contributed by atoms with Gasteiger partial charge in [0.2, 0.25) is 5.91 Å². The molecular formula is C16H22N4O4. The van der Waals surface area contributed by atoms with Gasteiger partial charge in [0.25, 0.3) is 11.6 Å². The summed E-state index contributed by atoms with van der Waals surface area (Å²) >= 11 is 0. The summed E-state index contributed by atoms with van der Waals surface area (Å²) in [5.41, 5.74) is 0.379. The van der Waals surface area contributed by atoms with Gasteiger partial charge < -0.3 is 15.1 Å². The van der Waals surface area contributed by atoms with E-state index in [1.165, 1.54) is 24.3 Å². The number of carbonyl (C=O) groups excluding carboxylic acids is 2. The Morgan fingerprint density at radius 3 is 2.21 bits per heavy atom. The standard InChI is InChI=1S/C16H22N4O4/c1-12(11-17-2)15(21)18-7-9-19(10-8-18)16(22)13-3-5-14(6-4-13)20(23)24/h3-6,12,17H,7-11H2,1-2H3. The predicted molar refractivity (Wildman–Crippen MR) is 88.7 cm³/mol. The summed E-state index contributed by atoms with van der Waals surface area (Å²) in [6, 6.07) is 5.58. The molecule has 1 aliphatic rings. The highest BCUT2D eigenvalue weighted by Gasteiger charge is 2.27. The van der Waals surface area contributed by atoms with E-state index in [1.807, 2.05) is 14.0 Å². The fourth-order valence-electron chi connectivity index (χ4n) is 2.74. The van der Waals surface area contributed by atoms with Crippen LogP contribution in [-0.2, 0) is 4.79 Å². The number of carbonyl (C=O) groups is 2. The van der Waals surface area contributed by atoms with Crippen molar-refractivity contribution in [2.75, 3.05) is 39.8 Å². The van der Waals surface area contributed by atoms with Crippen molar-refractivity contribution in [3.8, 4) is 0 Å². The van der Waals surface area contributed by atoms with E-state index >= 15 is 0 Å². The van der Waals surface area contributed by atoms with Crippen LogP contribution < -0.4 is 5.32 Å². The second-order valence-corrected chi connectivity index (χ2v) is 5.88. The molecule has 0 spiro atoms. The number of benzene rings is 1. The molecule has 1 N–H and O–H groups in total. The van der Waals surface area contributed by atoms with Crippen molar-refractivity contribution in [2.24, 2.45) is 5.92 Å². The number of hydrogen-bond donors (Lipinski definition) is 1. The van der Waals surface area contributed by atoms with Crippen LogP contribution in [0.15, 0.2) is 24.3 Å². The van der Waals surface area contributed by atoms with Gasteiger partial charge in [0.15, 0.2) is 0 Å². The molecule has 1 unspecified atom stereocenters. The zero-order chi connectivity index (χ0) is 17.7. The molecule has 8 heteroatoms. The van der Waals surface area contributed by atoms with Crippen LogP contribution in [-0.4, -0.2) is 66.3 Å². The quantitative estimate of drug-likeness (QED) is 0.633. The smallest absolute Gasteiger partial charge is 0.269 e. The van der Waals surface area contributed by atoms with Crippen LogP contribution in [0.4, 0.5) is 5.69 Å². The zero-order valence-electron chi connectivity index (χ0n) is 13.9. The normalized spacial score (nSPS) is 15.9. The van der Waals surface area contributed by atoms with Crippen LogP contribution in [0.3, 0.4) is 0 Å². The Hall–Kier alpha value is -2.48. The third-order valence-corrected chi connectivity index (χ3v) is 4.14. The van der Waals surface area contributed by atoms with Gasteiger partial charge in [0.1, 0.15) is 0 Å². The second kappa shape index (κ2) is 7.87. The first-order valence-electron chi connectivity index (χ1n) is 7.91. The van der Waals surface area contributed by atoms with E-state index in [0.717, 1.165) is 0 Å². The van der Waals surface area contributed by atoms with E-state index in [-0.39, 0.29) is 23.4 Å². The zero-order valence-corrected chi connectivity index (χ0v) is 13.9. The van der Waals surface area contributed by atoms with Crippen LogP contribution >= 0.6 is 0 Å². The summed E-state index contributed by atoms with van der Waals surface area (Å²) in [5, 5.41) is 13.6. The molecular weight excluding hydrogens is 312 g/mol. The molecule has 1 heterocycles. The molecule has 0 radical (unpaired) electrons. The molecule has 0 aliphatic carbocycles. The average molecular weight is 334 g/mol. The first-order chi connectivity index (χ1) is 11.4. The number of hydrogen-bond acceptors (Lipinski definition) is 5. The molecule has 2 rings (SSSR count). The van der Waals surface area contributed by atoms with Gasteiger partial charge in [0.05, 0.1) is 4.92 Å². The Morgan fingerprint density at radius 2 is 1.71 bits per heavy atom. The Labute approximate surface area is 140 Å². The fraction of sp³-hybridized carbons (Fsp3) is 0.500. The lowest BCUT2D eigenvalue weighted by Crippen LogP contribution is -2.52. The number of amides is 2. The van der Waals surface area contributed by atoms with E-state index in [0.29, 0.717) is 38.3 Å². The van der Waals surface area contributed by atoms with Crippen molar-refractivity contribution in [1.82, 2.24) is 15.1 Å². The molecule has 1 fully saturated rings. The van der Waals surface area contributed by atoms with E-state index < -0.39 is 4.92 Å². The summed E-state index contributed by atoms with van der Waals surface area (Å²) in [6.07, 6.45) is 0. The number of nitro groups is 1. The van der Waals surface area contributed by atoms with Gasteiger partial charge in [-0.05, 0) is 19.2 Å². The van der Waals surface area contributed by atoms with Crippen LogP contribution in [0, 0.1) is 16.0 Å². The van der Waals surface area contributed by atoms with Gasteiger partial charge in [-0.15, -0.1) is 0 Å². The highest BCUT2D eigenvalue weighted by molar-refractivity contribution is 5.94. The highest BCUT2D eigenvalue weighted by atomic mass is 16.6. The third kappa shape index (κ3) is 4.08. The molecule has 8 nitrogen and oxygen atoms in total. The molecule has 1 aromatic carbocycles. The number of nitrogens with one attached hydrogen (secondary N) is 1. The highest BCUT2D eigenvalue weighted by Crippen LogP contribution is 2.15. The van der Waals surface area contributed by atoms with Gasteiger partial charge >= 0.3 is 0 Å². The van der Waals surface area contributed by atoms with Crippen LogP contribution in [0.25, 0.3) is 0 Å². The molecule has 1 saturated heterocycles. The van der Waals surface area contributed by atoms with Gasteiger partial charge in [-0.1, -0.05) is 6.92 Å². The molecule has 1 aromatic rings. The third-order valence-electron chi connectivity index (χ3n) is 4.14. The van der Waals surface area contributed by atoms with E-state index in [4.69, 9.17) is 0 Å². The number of rotatable bonds is 5. The monoisotopic (exact) mass is 334 g/mol. The Bertz CT molecular complexity index is 609. The lowest BCUT2D eigenvalue weighted by Gasteiger charge is -2.36. The predicted octanol–water partition coefficient (Wildman–Crippen LogP) is 0.735. The van der Waals surface area contributed by atoms with Crippen LogP contribution in [0.1, 0.15) is 17.3 Å². The molecule has 2 amide bonds. The van der Waals surface area contributed by atoms with Crippen molar-refractivity contribution in [1.29, 1.82) is 0 Å². The number of non-ortho nitro benzene ring substituents is 1. The van der Waals surface area contributed by atoms with Crippen LogP contribution in [0.5, 0.6) is 0 Å². The van der Waals surface area contributed by atoms with E-state index in [2.05, 4.69) is 5.32 Å². The minimum atomic E-state index is -0.495. The summed E-state index contributed by atoms with van der Waals surface area (Å²) in [7, 11) is 1.81. The summed E-state index contributed by atoms with van der Waals surface area (Å²) in [4.78, 5) is 38.3. The lowest BCUT2D eigenvalue weighted by molar-refractivity contribution is -0.384. The molecule has 130 valence electrons. The molecule has 1 atom stereocenters. The topological polar surface area (TPSA) is 95.8 Å². The molecule has 0 aromatic heterocycles. The molecule has 1 aliphatic heterocycles. The molecule has 0 saturated carbocycles. The largest absolute Gasteiger partial charge is 0.339 e. The summed E-state index contributed by atoms with van der Waals surface area (Å²) in [5.74, 6) is -0.168. The van der Waals surface area contributed by atoms with E-state index in [1.54, 1.807) is 9.80 Å². The average Bonchev–Trinajstić information content (AvgIpc) is 2.61. The number of nitrogens with zero attached hydrogens (tertiary/aromatic N) is 3. The number of nitro benzene ring substituents is 1. The van der Waals surface area contributed by atoms with Crippen molar-refractivity contribution in [3.63, 3.8) is 0 Å². The van der Waals surface area contributed by atoms with Crippen molar-refractivity contribution >= 4 is 17.5 Å². The van der Waals surface area contributed by atoms with Crippen molar-refractivity contribution in [2.45, 2.75) is 6.92 Å². The minimum absolute atomic E-state index is 0.0412. The van der Waals surface area contributed by atoms with Gasteiger partial charge in [-0.3, -0.25) is 19.7 Å². The first kappa shape index (κ1) is 17.9. The molecule has 24 heavy (non-hydrogen) atoms. The lowest BCUT2D eigenvalue weighted by atomic mass is 10.1. The Kier molecular flexibility index (Phi) is 5.86. The van der Waals surface area contributed by atoms with Gasteiger partial charge in [-0.25, -0.2) is 0 Å². The Balaban J connectivity index is 1.93. The fourth-order valence-corrected chi connectivity index (χ4v) is 2.74. The van der Waals surface area contributed by atoms with Gasteiger partial charge in [0, 0.05) is 56.3 Å². The second-order valence-electron chi connectivity index (χ2n) is 5.88. The maximum atomic E-state index is 12.4. The minimum Gasteiger partial charge on any atom is -0.339 e. The first-order valence-corrected chi connectivity index (χ1v) is 7.91. The summed E-state index contributed by atoms with van der Waals surface area (Å²) < 4.78 is 0. The maximum Gasteiger partial charge on any atom is 0.269 e. The Morgan fingerprint density at radius 1 is 1.17 bits per heavy atom. The summed E-state index contributed by atoms with van der Waals surface area (Å²) in [6.45, 7) is 4.45. The van der Waals surface area contributed by atoms with Crippen LogP contribution in [0.2, 0.25) is 0 Å². The number of piperazine rings is 1. The van der Waals surface area contributed by atoms with Crippen molar-refractivity contribution < 1.29 is 14.5 Å². The SMILES string of the molecule is CNCC(C)C(=O)N1CCN(C(=O)c2ccc([N+](=O)[O-])cc2)CC1. The maximum absolute atomic E-state index is 12.4. The van der Waals surface area contributed by atoms with Crippen molar-refractivity contribution in [3.05, 3.63) is 39.9 Å². The van der Waals surface area contributed by atoms with E-state index in [9.17, 15) is 19.7 Å². The molecule has 0 bridgehead atoms.